The van der Waals surface area contributed by atoms with Crippen molar-refractivity contribution < 1.29 is 4.79 Å². The number of carbonyl (C=O) groups excluding carboxylic acids is 1. The third-order valence-corrected chi connectivity index (χ3v) is 4.40. The smallest absolute Gasteiger partial charge is 0.223 e. The van der Waals surface area contributed by atoms with Crippen LogP contribution in [0.4, 0.5) is 0 Å². The van der Waals surface area contributed by atoms with E-state index in [0.29, 0.717) is 25.9 Å². The van der Waals surface area contributed by atoms with E-state index in [1.54, 1.807) is 12.4 Å². The van der Waals surface area contributed by atoms with Gasteiger partial charge in [0.05, 0.1) is 12.2 Å². The molecule has 4 nitrogen and oxygen atoms in total. The van der Waals surface area contributed by atoms with Gasteiger partial charge in [-0.25, -0.2) is 0 Å². The van der Waals surface area contributed by atoms with Gasteiger partial charge in [0.2, 0.25) is 5.91 Å². The Morgan fingerprint density at radius 1 is 0.962 bits per heavy atom. The fourth-order valence-corrected chi connectivity index (χ4v) is 2.87. The van der Waals surface area contributed by atoms with Crippen molar-refractivity contribution in [1.82, 2.24) is 14.9 Å². The third-order valence-electron chi connectivity index (χ3n) is 4.40. The molecule has 0 N–H and O–H groups in total. The summed E-state index contributed by atoms with van der Waals surface area (Å²) < 4.78 is 0. The Bertz CT molecular complexity index is 834. The summed E-state index contributed by atoms with van der Waals surface area (Å²) in [7, 11) is 0. The van der Waals surface area contributed by atoms with Crippen molar-refractivity contribution in [2.75, 3.05) is 0 Å². The Balaban J connectivity index is 1.73. The van der Waals surface area contributed by atoms with Crippen LogP contribution in [0.3, 0.4) is 0 Å². The van der Waals surface area contributed by atoms with Crippen LogP contribution >= 0.6 is 0 Å². The van der Waals surface area contributed by atoms with E-state index >= 15 is 0 Å². The molecule has 26 heavy (non-hydrogen) atoms. The van der Waals surface area contributed by atoms with E-state index in [1.165, 1.54) is 5.56 Å². The molecule has 0 radical (unpaired) electrons. The maximum atomic E-state index is 12.9. The van der Waals surface area contributed by atoms with E-state index in [-0.39, 0.29) is 5.91 Å². The second-order valence-electron chi connectivity index (χ2n) is 6.36. The average Bonchev–Trinajstić information content (AvgIpc) is 2.69. The monoisotopic (exact) mass is 345 g/mol. The van der Waals surface area contributed by atoms with Gasteiger partial charge in [0, 0.05) is 31.6 Å². The zero-order chi connectivity index (χ0) is 18.2. The Labute approximate surface area is 154 Å². The standard InChI is InChI=1S/C22H23N3O/c1-18-7-2-3-9-20(18)16-25(17-21-10-4-5-14-24-21)22(26)12-11-19-8-6-13-23-15-19/h2-10,13-15H,11-12,16-17H2,1H3. The minimum Gasteiger partial charge on any atom is -0.332 e. The van der Waals surface area contributed by atoms with Crippen LogP contribution in [-0.2, 0) is 24.3 Å². The van der Waals surface area contributed by atoms with Crippen LogP contribution in [0.5, 0.6) is 0 Å². The zero-order valence-corrected chi connectivity index (χ0v) is 15.0. The molecule has 3 aromatic rings. The van der Waals surface area contributed by atoms with Crippen LogP contribution in [0.2, 0.25) is 0 Å². The minimum atomic E-state index is 0.128. The van der Waals surface area contributed by atoms with Gasteiger partial charge in [0.15, 0.2) is 0 Å². The number of aryl methyl sites for hydroxylation is 2. The van der Waals surface area contributed by atoms with E-state index in [9.17, 15) is 4.79 Å². The molecule has 1 aromatic carbocycles. The van der Waals surface area contributed by atoms with Crippen LogP contribution in [0.1, 0.15) is 28.8 Å². The lowest BCUT2D eigenvalue weighted by atomic mass is 10.1. The average molecular weight is 345 g/mol. The molecule has 4 heteroatoms. The summed E-state index contributed by atoms with van der Waals surface area (Å²) in [5, 5.41) is 0. The number of rotatable bonds is 7. The second kappa shape index (κ2) is 8.90. The number of hydrogen-bond acceptors (Lipinski definition) is 3. The van der Waals surface area contributed by atoms with Crippen LogP contribution in [-0.4, -0.2) is 20.8 Å². The fraction of sp³-hybridized carbons (Fsp3) is 0.227. The van der Waals surface area contributed by atoms with Gasteiger partial charge >= 0.3 is 0 Å². The highest BCUT2D eigenvalue weighted by atomic mass is 16.2. The summed E-state index contributed by atoms with van der Waals surface area (Å²) in [5.41, 5.74) is 4.34. The summed E-state index contributed by atoms with van der Waals surface area (Å²) >= 11 is 0. The highest BCUT2D eigenvalue weighted by molar-refractivity contribution is 5.76. The van der Waals surface area contributed by atoms with Gasteiger partial charge in [-0.1, -0.05) is 36.4 Å². The molecule has 0 saturated carbocycles. The Morgan fingerprint density at radius 3 is 2.54 bits per heavy atom. The first-order valence-electron chi connectivity index (χ1n) is 8.83. The first kappa shape index (κ1) is 17.8. The molecule has 0 aliphatic carbocycles. The van der Waals surface area contributed by atoms with Gasteiger partial charge in [0.1, 0.15) is 0 Å². The van der Waals surface area contributed by atoms with Crippen LogP contribution in [0.25, 0.3) is 0 Å². The molecule has 0 bridgehead atoms. The summed E-state index contributed by atoms with van der Waals surface area (Å²) in [6, 6.07) is 17.9. The topological polar surface area (TPSA) is 46.1 Å². The molecular formula is C22H23N3O. The molecule has 2 aromatic heterocycles. The molecule has 0 atom stereocenters. The lowest BCUT2D eigenvalue weighted by Crippen LogP contribution is -2.31. The van der Waals surface area contributed by atoms with Crippen LogP contribution in [0, 0.1) is 6.92 Å². The predicted octanol–water partition coefficient (Wildman–Crippen LogP) is 3.95. The lowest BCUT2D eigenvalue weighted by Gasteiger charge is -2.23. The van der Waals surface area contributed by atoms with E-state index in [1.807, 2.05) is 53.6 Å². The van der Waals surface area contributed by atoms with Crippen molar-refractivity contribution in [3.8, 4) is 0 Å². The van der Waals surface area contributed by atoms with Crippen molar-refractivity contribution in [2.45, 2.75) is 32.9 Å². The molecule has 0 saturated heterocycles. The highest BCUT2D eigenvalue weighted by Crippen LogP contribution is 2.15. The van der Waals surface area contributed by atoms with E-state index in [0.717, 1.165) is 16.8 Å². The molecule has 0 unspecified atom stereocenters. The van der Waals surface area contributed by atoms with Crippen LogP contribution in [0.15, 0.2) is 73.2 Å². The largest absolute Gasteiger partial charge is 0.332 e. The van der Waals surface area contributed by atoms with Gasteiger partial charge in [-0.05, 0) is 48.2 Å². The van der Waals surface area contributed by atoms with Gasteiger partial charge in [-0.2, -0.15) is 0 Å². The van der Waals surface area contributed by atoms with E-state index in [4.69, 9.17) is 0 Å². The first-order valence-corrected chi connectivity index (χ1v) is 8.83. The number of aromatic nitrogens is 2. The SMILES string of the molecule is Cc1ccccc1CN(Cc1ccccn1)C(=O)CCc1cccnc1. The molecule has 3 rings (SSSR count). The van der Waals surface area contributed by atoms with Crippen molar-refractivity contribution in [3.63, 3.8) is 0 Å². The number of pyridine rings is 2. The summed E-state index contributed by atoms with van der Waals surface area (Å²) in [4.78, 5) is 23.3. The predicted molar refractivity (Wildman–Crippen MR) is 102 cm³/mol. The highest BCUT2D eigenvalue weighted by Gasteiger charge is 2.16. The molecule has 1 amide bonds. The Hall–Kier alpha value is -3.01. The maximum absolute atomic E-state index is 12.9. The van der Waals surface area contributed by atoms with Gasteiger partial charge in [0.25, 0.3) is 0 Å². The van der Waals surface area contributed by atoms with Crippen molar-refractivity contribution in [1.29, 1.82) is 0 Å². The maximum Gasteiger partial charge on any atom is 0.223 e. The summed E-state index contributed by atoms with van der Waals surface area (Å²) in [5.74, 6) is 0.128. The number of carbonyl (C=O) groups is 1. The van der Waals surface area contributed by atoms with E-state index in [2.05, 4.69) is 29.0 Å². The minimum absolute atomic E-state index is 0.128. The molecule has 132 valence electrons. The summed E-state index contributed by atoms with van der Waals surface area (Å²) in [6.45, 7) is 3.19. The van der Waals surface area contributed by atoms with Gasteiger partial charge in [-0.15, -0.1) is 0 Å². The molecule has 0 aliphatic rings. The van der Waals surface area contributed by atoms with Crippen molar-refractivity contribution >= 4 is 5.91 Å². The Morgan fingerprint density at radius 2 is 1.81 bits per heavy atom. The van der Waals surface area contributed by atoms with Gasteiger partial charge < -0.3 is 4.90 Å². The molecule has 0 spiro atoms. The second-order valence-corrected chi connectivity index (χ2v) is 6.36. The normalized spacial score (nSPS) is 10.5. The lowest BCUT2D eigenvalue weighted by molar-refractivity contribution is -0.132. The zero-order valence-electron chi connectivity index (χ0n) is 15.0. The first-order chi connectivity index (χ1) is 12.7. The third kappa shape index (κ3) is 4.99. The van der Waals surface area contributed by atoms with Gasteiger partial charge in [-0.3, -0.25) is 14.8 Å². The van der Waals surface area contributed by atoms with Crippen LogP contribution < -0.4 is 0 Å². The number of benzene rings is 1. The fourth-order valence-electron chi connectivity index (χ4n) is 2.87. The van der Waals surface area contributed by atoms with Crippen molar-refractivity contribution in [3.05, 3.63) is 95.6 Å². The van der Waals surface area contributed by atoms with Crippen molar-refractivity contribution in [2.24, 2.45) is 0 Å². The Kier molecular flexibility index (Phi) is 6.09. The van der Waals surface area contributed by atoms with E-state index < -0.39 is 0 Å². The molecule has 2 heterocycles. The quantitative estimate of drug-likeness (QED) is 0.651. The number of amides is 1. The number of nitrogens with zero attached hydrogens (tertiary/aromatic N) is 3. The molecule has 0 aliphatic heterocycles. The molecule has 0 fully saturated rings. The molecular weight excluding hydrogens is 322 g/mol. The number of hydrogen-bond donors (Lipinski definition) is 0. The summed E-state index contributed by atoms with van der Waals surface area (Å²) in [6.07, 6.45) is 6.49.